The Morgan fingerprint density at radius 3 is 2.58 bits per heavy atom. The van der Waals surface area contributed by atoms with Crippen molar-refractivity contribution in [3.05, 3.63) is 53.1 Å². The molecule has 0 spiro atoms. The molecule has 0 aliphatic carbocycles. The molecule has 2 amide bonds. The van der Waals surface area contributed by atoms with Crippen molar-refractivity contribution in [2.45, 2.75) is 39.5 Å². The van der Waals surface area contributed by atoms with Crippen molar-refractivity contribution in [3.63, 3.8) is 0 Å². The SMILES string of the molecule is CC.COc1cccc(-c2ccc(CNC=O)c3c2CCN(C(=O)C(CO)C(F)(F)F)C3)c1. The van der Waals surface area contributed by atoms with Crippen LogP contribution in [0.4, 0.5) is 13.2 Å². The number of aliphatic hydroxyl groups is 1. The third-order valence-electron chi connectivity index (χ3n) is 5.45. The molecule has 3 rings (SSSR count). The normalized spacial score (nSPS) is 13.8. The van der Waals surface area contributed by atoms with Crippen molar-refractivity contribution >= 4 is 12.3 Å². The lowest BCUT2D eigenvalue weighted by atomic mass is 9.87. The number of fused-ring (bicyclic) bond motifs is 1. The Labute approximate surface area is 191 Å². The van der Waals surface area contributed by atoms with Crippen LogP contribution in [0.15, 0.2) is 36.4 Å². The zero-order valence-corrected chi connectivity index (χ0v) is 18.9. The number of nitrogens with zero attached hydrogens (tertiary/aromatic N) is 1. The predicted molar refractivity (Wildman–Crippen MR) is 118 cm³/mol. The van der Waals surface area contributed by atoms with E-state index in [0.717, 1.165) is 27.2 Å². The summed E-state index contributed by atoms with van der Waals surface area (Å²) in [4.78, 5) is 24.4. The number of hydrogen-bond acceptors (Lipinski definition) is 4. The van der Waals surface area contributed by atoms with Gasteiger partial charge in [-0.2, -0.15) is 13.2 Å². The first kappa shape index (κ1) is 26.2. The van der Waals surface area contributed by atoms with Crippen molar-refractivity contribution in [2.75, 3.05) is 20.3 Å². The van der Waals surface area contributed by atoms with Crippen LogP contribution in [-0.4, -0.2) is 48.8 Å². The van der Waals surface area contributed by atoms with Gasteiger partial charge in [0.2, 0.25) is 12.3 Å². The number of ether oxygens (including phenoxy) is 1. The summed E-state index contributed by atoms with van der Waals surface area (Å²) in [6.45, 7) is 2.96. The molecule has 33 heavy (non-hydrogen) atoms. The lowest BCUT2D eigenvalue weighted by Crippen LogP contribution is -2.46. The van der Waals surface area contributed by atoms with Crippen LogP contribution >= 0.6 is 0 Å². The first-order valence-electron chi connectivity index (χ1n) is 10.7. The summed E-state index contributed by atoms with van der Waals surface area (Å²) < 4.78 is 44.8. The Balaban J connectivity index is 0.00000187. The number of amides is 2. The molecule has 1 unspecified atom stereocenters. The third kappa shape index (κ3) is 6.04. The van der Waals surface area contributed by atoms with Crippen molar-refractivity contribution < 1.29 is 32.6 Å². The molecule has 9 heteroatoms. The molecule has 1 aliphatic heterocycles. The average molecular weight is 467 g/mol. The average Bonchev–Trinajstić information content (AvgIpc) is 2.82. The number of methoxy groups -OCH3 is 1. The molecule has 6 nitrogen and oxygen atoms in total. The summed E-state index contributed by atoms with van der Waals surface area (Å²) in [6, 6.07) is 11.1. The maximum Gasteiger partial charge on any atom is 0.402 e. The highest BCUT2D eigenvalue weighted by Gasteiger charge is 2.46. The number of rotatable bonds is 7. The second-order valence-corrected chi connectivity index (χ2v) is 7.25. The monoisotopic (exact) mass is 466 g/mol. The van der Waals surface area contributed by atoms with Gasteiger partial charge < -0.3 is 20.1 Å². The number of alkyl halides is 3. The zero-order valence-electron chi connectivity index (χ0n) is 18.9. The molecular weight excluding hydrogens is 437 g/mol. The summed E-state index contributed by atoms with van der Waals surface area (Å²) in [5.74, 6) is -2.93. The van der Waals surface area contributed by atoms with E-state index in [9.17, 15) is 22.8 Å². The van der Waals surface area contributed by atoms with E-state index in [4.69, 9.17) is 9.84 Å². The van der Waals surface area contributed by atoms with Crippen molar-refractivity contribution in [1.82, 2.24) is 10.2 Å². The number of aliphatic hydroxyl groups excluding tert-OH is 1. The van der Waals surface area contributed by atoms with E-state index in [1.807, 2.05) is 44.2 Å². The van der Waals surface area contributed by atoms with Crippen molar-refractivity contribution in [1.29, 1.82) is 0 Å². The largest absolute Gasteiger partial charge is 0.497 e. The van der Waals surface area contributed by atoms with E-state index in [1.54, 1.807) is 13.2 Å². The van der Waals surface area contributed by atoms with Gasteiger partial charge in [0.15, 0.2) is 5.92 Å². The number of nitrogens with one attached hydrogen (secondary N) is 1. The lowest BCUT2D eigenvalue weighted by molar-refractivity contribution is -0.196. The molecule has 1 atom stereocenters. The summed E-state index contributed by atoms with van der Waals surface area (Å²) in [7, 11) is 1.56. The molecule has 1 aliphatic rings. The molecule has 0 aromatic heterocycles. The minimum absolute atomic E-state index is 0.0333. The maximum atomic E-state index is 13.2. The van der Waals surface area contributed by atoms with Crippen LogP contribution in [0.2, 0.25) is 0 Å². The summed E-state index contributed by atoms with van der Waals surface area (Å²) in [6.07, 6.45) is -3.94. The second kappa shape index (κ2) is 11.7. The van der Waals surface area contributed by atoms with Crippen LogP contribution < -0.4 is 10.1 Å². The Kier molecular flexibility index (Phi) is 9.28. The van der Waals surface area contributed by atoms with Gasteiger partial charge in [0.1, 0.15) is 5.75 Å². The van der Waals surface area contributed by atoms with Crippen LogP contribution in [0, 0.1) is 5.92 Å². The summed E-state index contributed by atoms with van der Waals surface area (Å²) in [5, 5.41) is 11.7. The van der Waals surface area contributed by atoms with Crippen LogP contribution in [0.3, 0.4) is 0 Å². The van der Waals surface area contributed by atoms with Crippen molar-refractivity contribution in [2.24, 2.45) is 5.92 Å². The Morgan fingerprint density at radius 1 is 1.24 bits per heavy atom. The third-order valence-corrected chi connectivity index (χ3v) is 5.45. The number of carbonyl (C=O) groups is 2. The van der Waals surface area contributed by atoms with Crippen molar-refractivity contribution in [3.8, 4) is 16.9 Å². The van der Waals surface area contributed by atoms with Gasteiger partial charge in [-0.15, -0.1) is 0 Å². The predicted octanol–water partition coefficient (Wildman–Crippen LogP) is 3.69. The van der Waals surface area contributed by atoms with E-state index in [-0.39, 0.29) is 19.6 Å². The number of halogens is 3. The summed E-state index contributed by atoms with van der Waals surface area (Å²) >= 11 is 0. The minimum Gasteiger partial charge on any atom is -0.497 e. The van der Waals surface area contributed by atoms with Gasteiger partial charge in [0, 0.05) is 19.6 Å². The van der Waals surface area contributed by atoms with Crippen LogP contribution in [-0.2, 0) is 29.1 Å². The number of hydrogen-bond donors (Lipinski definition) is 2. The van der Waals surface area contributed by atoms with Gasteiger partial charge in [0.25, 0.3) is 0 Å². The fourth-order valence-electron chi connectivity index (χ4n) is 3.85. The molecule has 0 bridgehead atoms. The fraction of sp³-hybridized carbons (Fsp3) is 0.417. The Bertz CT molecular complexity index is 963. The second-order valence-electron chi connectivity index (χ2n) is 7.25. The molecule has 2 N–H and O–H groups in total. The Hall–Kier alpha value is -3.07. The molecule has 0 saturated heterocycles. The molecule has 180 valence electrons. The highest BCUT2D eigenvalue weighted by Crippen LogP contribution is 2.35. The molecule has 1 heterocycles. The molecule has 0 saturated carbocycles. The van der Waals surface area contributed by atoms with Gasteiger partial charge in [-0.25, -0.2) is 0 Å². The van der Waals surface area contributed by atoms with Crippen LogP contribution in [0.5, 0.6) is 5.75 Å². The van der Waals surface area contributed by atoms with Gasteiger partial charge in [-0.05, 0) is 46.4 Å². The number of benzene rings is 2. The first-order valence-corrected chi connectivity index (χ1v) is 10.7. The maximum absolute atomic E-state index is 13.2. The summed E-state index contributed by atoms with van der Waals surface area (Å²) in [5.41, 5.74) is 4.11. The van der Waals surface area contributed by atoms with E-state index < -0.39 is 24.6 Å². The van der Waals surface area contributed by atoms with Gasteiger partial charge >= 0.3 is 6.18 Å². The zero-order chi connectivity index (χ0) is 24.6. The van der Waals surface area contributed by atoms with E-state index in [2.05, 4.69) is 5.32 Å². The smallest absolute Gasteiger partial charge is 0.402 e. The van der Waals surface area contributed by atoms with Crippen LogP contribution in [0.1, 0.15) is 30.5 Å². The van der Waals surface area contributed by atoms with Gasteiger partial charge in [-0.1, -0.05) is 38.1 Å². The van der Waals surface area contributed by atoms with E-state index in [0.29, 0.717) is 24.1 Å². The fourth-order valence-corrected chi connectivity index (χ4v) is 3.85. The molecule has 2 aromatic carbocycles. The lowest BCUT2D eigenvalue weighted by Gasteiger charge is -2.34. The Morgan fingerprint density at radius 2 is 1.97 bits per heavy atom. The number of carbonyl (C=O) groups excluding carboxylic acids is 2. The topological polar surface area (TPSA) is 78.9 Å². The molecular formula is C24H29F3N2O4. The molecule has 2 aromatic rings. The quantitative estimate of drug-likeness (QED) is 0.610. The van der Waals surface area contributed by atoms with E-state index >= 15 is 0 Å². The van der Waals surface area contributed by atoms with E-state index in [1.165, 1.54) is 0 Å². The standard InChI is InChI=1S/C22H23F3N2O4.C2H6/c1-31-16-4-2-3-14(9-16)17-6-5-15(10-26-13-29)19-11-27(8-7-18(17)19)21(30)20(12-28)22(23,24)25;1-2/h2-6,9,13,20,28H,7-8,10-12H2,1H3,(H,26,29);1-2H3. The molecule has 0 fully saturated rings. The first-order chi connectivity index (χ1) is 15.8. The van der Waals surface area contributed by atoms with Gasteiger partial charge in [0.05, 0.1) is 13.7 Å². The molecule has 0 radical (unpaired) electrons. The van der Waals surface area contributed by atoms with Crippen LogP contribution in [0.25, 0.3) is 11.1 Å². The minimum atomic E-state index is -4.82. The highest BCUT2D eigenvalue weighted by molar-refractivity contribution is 5.81. The highest BCUT2D eigenvalue weighted by atomic mass is 19.4. The van der Waals surface area contributed by atoms with Gasteiger partial charge in [-0.3, -0.25) is 9.59 Å².